The van der Waals surface area contributed by atoms with Crippen LogP contribution in [0.25, 0.3) is 0 Å². The summed E-state index contributed by atoms with van der Waals surface area (Å²) in [6, 6.07) is 6.59. The number of aromatic nitrogens is 3. The van der Waals surface area contributed by atoms with E-state index in [0.717, 1.165) is 0 Å². The van der Waals surface area contributed by atoms with Gasteiger partial charge < -0.3 is 10.2 Å². The Morgan fingerprint density at radius 1 is 1.31 bits per heavy atom. The van der Waals surface area contributed by atoms with Gasteiger partial charge in [0.15, 0.2) is 0 Å². The van der Waals surface area contributed by atoms with E-state index in [0.29, 0.717) is 24.2 Å². The van der Waals surface area contributed by atoms with E-state index in [1.165, 1.54) is 11.2 Å². The molecule has 0 bridgehead atoms. The first-order valence-corrected chi connectivity index (χ1v) is 9.60. The zero-order valence-electron chi connectivity index (χ0n) is 13.8. The molecule has 0 unspecified atom stereocenters. The van der Waals surface area contributed by atoms with Gasteiger partial charge in [0.2, 0.25) is 21.9 Å². The van der Waals surface area contributed by atoms with Gasteiger partial charge in [-0.2, -0.15) is 4.98 Å². The minimum Gasteiger partial charge on any atom is -0.335 e. The normalized spacial score (nSPS) is 17.1. The Morgan fingerprint density at radius 3 is 2.85 bits per heavy atom. The van der Waals surface area contributed by atoms with E-state index in [4.69, 9.17) is 5.14 Å². The van der Waals surface area contributed by atoms with Crippen LogP contribution in [0.15, 0.2) is 30.6 Å². The second-order valence-corrected chi connectivity index (χ2v) is 7.74. The molecule has 11 heteroatoms. The number of alkyl halides is 2. The fraction of sp³-hybridized carbons (Fsp3) is 0.400. The average Bonchev–Trinajstić information content (AvgIpc) is 2.53. The highest BCUT2D eigenvalue weighted by Gasteiger charge is 2.36. The number of nitrogens with one attached hydrogen (secondary N) is 1. The minimum atomic E-state index is -3.65. The molecular formula is C15H18F2N6O2S. The van der Waals surface area contributed by atoms with Gasteiger partial charge in [-0.15, -0.1) is 0 Å². The van der Waals surface area contributed by atoms with Gasteiger partial charge in [0, 0.05) is 18.7 Å². The molecule has 2 aromatic rings. The van der Waals surface area contributed by atoms with Gasteiger partial charge in [-0.3, -0.25) is 0 Å². The number of nitrogens with zero attached hydrogens (tertiary/aromatic N) is 4. The minimum absolute atomic E-state index is 0.142. The van der Waals surface area contributed by atoms with Gasteiger partial charge in [-0.05, 0) is 24.1 Å². The van der Waals surface area contributed by atoms with Crippen molar-refractivity contribution in [2.45, 2.75) is 24.5 Å². The van der Waals surface area contributed by atoms with E-state index < -0.39 is 22.5 Å². The summed E-state index contributed by atoms with van der Waals surface area (Å²) in [5, 5.41) is 7.96. The van der Waals surface area contributed by atoms with Crippen molar-refractivity contribution in [3.05, 3.63) is 36.2 Å². The first kappa shape index (κ1) is 18.4. The third-order valence-electron chi connectivity index (χ3n) is 3.79. The Morgan fingerprint density at radius 2 is 2.12 bits per heavy atom. The van der Waals surface area contributed by atoms with Crippen molar-refractivity contribution >= 4 is 27.6 Å². The molecule has 8 nitrogen and oxygen atoms in total. The van der Waals surface area contributed by atoms with E-state index in [2.05, 4.69) is 20.3 Å². The van der Waals surface area contributed by atoms with Gasteiger partial charge in [0.05, 0.1) is 12.3 Å². The lowest BCUT2D eigenvalue weighted by Gasteiger charge is -2.32. The summed E-state index contributed by atoms with van der Waals surface area (Å²) in [4.78, 5) is 13.6. The van der Waals surface area contributed by atoms with E-state index >= 15 is 0 Å². The highest BCUT2D eigenvalue weighted by atomic mass is 32.2. The predicted octanol–water partition coefficient (Wildman–Crippen LogP) is 1.64. The van der Waals surface area contributed by atoms with E-state index in [-0.39, 0.29) is 24.1 Å². The summed E-state index contributed by atoms with van der Waals surface area (Å²) in [6.45, 7) is 0.0170. The Hall–Kier alpha value is -2.40. The molecule has 1 aliphatic rings. The number of anilines is 3. The Balaban J connectivity index is 1.76. The van der Waals surface area contributed by atoms with Gasteiger partial charge >= 0.3 is 0 Å². The van der Waals surface area contributed by atoms with Crippen LogP contribution in [-0.2, 0) is 15.8 Å². The second-order valence-electron chi connectivity index (χ2n) is 6.12. The number of hydrogen-bond acceptors (Lipinski definition) is 7. The first-order chi connectivity index (χ1) is 12.2. The van der Waals surface area contributed by atoms with Crippen LogP contribution in [0, 0.1) is 0 Å². The van der Waals surface area contributed by atoms with Crippen molar-refractivity contribution in [1.29, 1.82) is 0 Å². The summed E-state index contributed by atoms with van der Waals surface area (Å²) >= 11 is 0. The summed E-state index contributed by atoms with van der Waals surface area (Å²) < 4.78 is 49.6. The zero-order chi connectivity index (χ0) is 18.8. The van der Waals surface area contributed by atoms with Gasteiger partial charge in [0.25, 0.3) is 5.92 Å². The topological polar surface area (TPSA) is 114 Å². The smallest absolute Gasteiger partial charge is 0.265 e. The highest BCUT2D eigenvalue weighted by molar-refractivity contribution is 7.88. The van der Waals surface area contributed by atoms with Crippen LogP contribution in [0.2, 0.25) is 0 Å². The van der Waals surface area contributed by atoms with Crippen LogP contribution in [0.3, 0.4) is 0 Å². The highest BCUT2D eigenvalue weighted by Crippen LogP contribution is 2.28. The number of benzene rings is 1. The van der Waals surface area contributed by atoms with Crippen molar-refractivity contribution in [1.82, 2.24) is 15.0 Å². The van der Waals surface area contributed by atoms with Gasteiger partial charge in [-0.1, -0.05) is 12.1 Å². The Bertz CT molecular complexity index is 893. The SMILES string of the molecule is NS(=O)(=O)Cc1cccc(Nc2ncnc(N3CCCC(F)(F)C3)n2)c1. The molecule has 1 saturated heterocycles. The summed E-state index contributed by atoms with van der Waals surface area (Å²) in [5.74, 6) is -2.71. The van der Waals surface area contributed by atoms with E-state index in [1.807, 2.05) is 0 Å². The number of rotatable bonds is 5. The lowest BCUT2D eigenvalue weighted by molar-refractivity contribution is -0.0120. The zero-order valence-corrected chi connectivity index (χ0v) is 14.6. The third-order valence-corrected chi connectivity index (χ3v) is 4.52. The quantitative estimate of drug-likeness (QED) is 0.805. The van der Waals surface area contributed by atoms with Gasteiger partial charge in [0.1, 0.15) is 6.33 Å². The summed E-state index contributed by atoms with van der Waals surface area (Å²) in [5.41, 5.74) is 1.05. The number of piperidine rings is 1. The largest absolute Gasteiger partial charge is 0.335 e. The second kappa shape index (κ2) is 7.08. The van der Waals surface area contributed by atoms with Crippen molar-refractivity contribution < 1.29 is 17.2 Å². The molecule has 140 valence electrons. The van der Waals surface area contributed by atoms with Crippen molar-refractivity contribution in [2.75, 3.05) is 23.3 Å². The van der Waals surface area contributed by atoms with E-state index in [9.17, 15) is 17.2 Å². The number of hydrogen-bond donors (Lipinski definition) is 2. The number of nitrogens with two attached hydrogens (primary N) is 1. The number of sulfonamides is 1. The van der Waals surface area contributed by atoms with E-state index in [1.54, 1.807) is 24.3 Å². The number of primary sulfonamides is 1. The molecule has 0 radical (unpaired) electrons. The van der Waals surface area contributed by atoms with Crippen LogP contribution in [0.4, 0.5) is 26.4 Å². The molecule has 0 saturated carbocycles. The van der Waals surface area contributed by atoms with Crippen LogP contribution in [-0.4, -0.2) is 42.4 Å². The Kier molecular flexibility index (Phi) is 5.01. The fourth-order valence-electron chi connectivity index (χ4n) is 2.74. The van der Waals surface area contributed by atoms with Crippen LogP contribution < -0.4 is 15.4 Å². The summed E-state index contributed by atoms with van der Waals surface area (Å²) in [7, 11) is -3.65. The predicted molar refractivity (Wildman–Crippen MR) is 92.8 cm³/mol. The molecule has 0 aliphatic carbocycles. The molecule has 1 aromatic heterocycles. The summed E-state index contributed by atoms with van der Waals surface area (Å²) in [6.07, 6.45) is 1.46. The monoisotopic (exact) mass is 384 g/mol. The van der Waals surface area contributed by atoms with Crippen molar-refractivity contribution in [3.8, 4) is 0 Å². The molecule has 2 heterocycles. The molecule has 1 fully saturated rings. The fourth-order valence-corrected chi connectivity index (χ4v) is 3.38. The molecule has 0 amide bonds. The molecule has 0 spiro atoms. The average molecular weight is 384 g/mol. The van der Waals surface area contributed by atoms with Crippen LogP contribution in [0.1, 0.15) is 18.4 Å². The molecule has 3 N–H and O–H groups in total. The molecule has 26 heavy (non-hydrogen) atoms. The maximum absolute atomic E-state index is 13.6. The molecule has 1 aromatic carbocycles. The first-order valence-electron chi connectivity index (χ1n) is 7.88. The third kappa shape index (κ3) is 5.05. The van der Waals surface area contributed by atoms with Crippen LogP contribution >= 0.6 is 0 Å². The standard InChI is InChI=1S/C15H18F2N6O2S/c16-15(17)5-2-6-23(9-15)14-20-10-19-13(22-14)21-12-4-1-3-11(7-12)8-26(18,24)25/h1,3-4,7,10H,2,5-6,8-9H2,(H2,18,24,25)(H,19,20,21,22). The van der Waals surface area contributed by atoms with Crippen molar-refractivity contribution in [3.63, 3.8) is 0 Å². The molecule has 0 atom stereocenters. The lowest BCUT2D eigenvalue weighted by atomic mass is 10.1. The molecule has 1 aliphatic heterocycles. The molecule has 3 rings (SSSR count). The Labute approximate surface area is 149 Å². The van der Waals surface area contributed by atoms with Gasteiger partial charge in [-0.25, -0.2) is 32.3 Å². The maximum Gasteiger partial charge on any atom is 0.265 e. The lowest BCUT2D eigenvalue weighted by Crippen LogP contribution is -2.43. The molecular weight excluding hydrogens is 366 g/mol. The maximum atomic E-state index is 13.6. The van der Waals surface area contributed by atoms with Crippen LogP contribution in [0.5, 0.6) is 0 Å². The van der Waals surface area contributed by atoms with Crippen molar-refractivity contribution in [2.24, 2.45) is 5.14 Å². The number of halogens is 2.